The summed E-state index contributed by atoms with van der Waals surface area (Å²) in [7, 11) is 0. The molecule has 2 nitrogen and oxygen atoms in total. The summed E-state index contributed by atoms with van der Waals surface area (Å²) in [5.41, 5.74) is 1.97. The molecule has 0 amide bonds. The van der Waals surface area contributed by atoms with Crippen molar-refractivity contribution in [3.05, 3.63) is 120 Å². The summed E-state index contributed by atoms with van der Waals surface area (Å²) in [6, 6.07) is 37.4. The molecule has 0 saturated heterocycles. The molecule has 0 bridgehead atoms. The minimum Gasteiger partial charge on any atom is -0.389 e. The van der Waals surface area contributed by atoms with Crippen LogP contribution in [0.25, 0.3) is 43.1 Å². The van der Waals surface area contributed by atoms with E-state index in [1.807, 2.05) is 37.3 Å². The lowest BCUT2D eigenvalue weighted by atomic mass is 9.95. The van der Waals surface area contributed by atoms with Crippen molar-refractivity contribution in [3.8, 4) is 0 Å². The van der Waals surface area contributed by atoms with E-state index in [1.54, 1.807) is 6.92 Å². The maximum Gasteiger partial charge on any atom is 0.0768 e. The van der Waals surface area contributed by atoms with E-state index in [0.717, 1.165) is 16.5 Å². The van der Waals surface area contributed by atoms with Crippen LogP contribution in [0.1, 0.15) is 37.2 Å². The van der Waals surface area contributed by atoms with Gasteiger partial charge in [-0.25, -0.2) is 0 Å². The Balaban J connectivity index is 0.000000142. The smallest absolute Gasteiger partial charge is 0.0768 e. The van der Waals surface area contributed by atoms with Gasteiger partial charge in [0.1, 0.15) is 0 Å². The van der Waals surface area contributed by atoms with Gasteiger partial charge in [-0.15, -0.1) is 0 Å². The monoisotopic (exact) mass is 444 g/mol. The fourth-order valence-electron chi connectivity index (χ4n) is 4.71. The van der Waals surface area contributed by atoms with Crippen molar-refractivity contribution < 1.29 is 10.2 Å². The van der Waals surface area contributed by atoms with Crippen LogP contribution in [-0.4, -0.2) is 10.2 Å². The van der Waals surface area contributed by atoms with E-state index in [1.165, 1.54) is 37.7 Å². The van der Waals surface area contributed by atoms with Crippen molar-refractivity contribution >= 4 is 43.1 Å². The fraction of sp³-hybridized carbons (Fsp3) is 0.125. The highest BCUT2D eigenvalue weighted by atomic mass is 16.3. The number of fused-ring (bicyclic) bond motifs is 6. The van der Waals surface area contributed by atoms with Gasteiger partial charge in [-0.2, -0.15) is 0 Å². The van der Waals surface area contributed by atoms with Gasteiger partial charge in [0.05, 0.1) is 12.2 Å². The Bertz CT molecular complexity index is 1600. The topological polar surface area (TPSA) is 40.5 Å². The van der Waals surface area contributed by atoms with Crippen LogP contribution in [0.3, 0.4) is 0 Å². The van der Waals surface area contributed by atoms with Crippen molar-refractivity contribution in [2.75, 3.05) is 0 Å². The molecule has 0 radical (unpaired) electrons. The van der Waals surface area contributed by atoms with Crippen LogP contribution >= 0.6 is 0 Å². The average Bonchev–Trinajstić information content (AvgIpc) is 2.88. The molecule has 0 aromatic heterocycles. The van der Waals surface area contributed by atoms with Crippen LogP contribution in [0.15, 0.2) is 109 Å². The summed E-state index contributed by atoms with van der Waals surface area (Å²) in [6.45, 7) is 3.61. The summed E-state index contributed by atoms with van der Waals surface area (Å²) in [5.74, 6) is 0. The first-order chi connectivity index (χ1) is 16.5. The standard InChI is InChI=1S/2C16H14O/c1-11(17)16-10-12-6-2-3-7-13(12)14-8-4-5-9-15(14)16;1-11(17)14-9-8-13-7-6-12-4-2-3-5-15(12)16(13)10-14/h2*2-11,17H,1H3. The Kier molecular flexibility index (Phi) is 6.02. The lowest BCUT2D eigenvalue weighted by molar-refractivity contribution is 0.199. The molecule has 6 rings (SSSR count). The minimum atomic E-state index is -0.440. The lowest BCUT2D eigenvalue weighted by Crippen LogP contribution is -1.93. The van der Waals surface area contributed by atoms with E-state index in [-0.39, 0.29) is 0 Å². The first-order valence-corrected chi connectivity index (χ1v) is 11.7. The zero-order valence-corrected chi connectivity index (χ0v) is 19.4. The molecule has 0 aliphatic carbocycles. The van der Waals surface area contributed by atoms with Gasteiger partial charge in [0, 0.05) is 0 Å². The molecule has 0 aliphatic heterocycles. The fourth-order valence-corrected chi connectivity index (χ4v) is 4.71. The van der Waals surface area contributed by atoms with E-state index >= 15 is 0 Å². The molecule has 168 valence electrons. The van der Waals surface area contributed by atoms with Crippen molar-refractivity contribution in [1.82, 2.24) is 0 Å². The highest BCUT2D eigenvalue weighted by Gasteiger charge is 2.09. The number of aliphatic hydroxyl groups is 2. The molecule has 0 heterocycles. The van der Waals surface area contributed by atoms with E-state index in [4.69, 9.17) is 0 Å². The molecule has 2 heteroatoms. The van der Waals surface area contributed by atoms with Gasteiger partial charge in [-0.3, -0.25) is 0 Å². The third-order valence-corrected chi connectivity index (χ3v) is 6.50. The third kappa shape index (κ3) is 4.14. The second-order valence-electron chi connectivity index (χ2n) is 8.85. The summed E-state index contributed by atoms with van der Waals surface area (Å²) in [6.07, 6.45) is -0.858. The highest BCUT2D eigenvalue weighted by molar-refractivity contribution is 6.09. The van der Waals surface area contributed by atoms with Crippen molar-refractivity contribution in [2.45, 2.75) is 26.1 Å². The average molecular weight is 445 g/mol. The molecular weight excluding hydrogens is 416 g/mol. The van der Waals surface area contributed by atoms with Gasteiger partial charge >= 0.3 is 0 Å². The third-order valence-electron chi connectivity index (χ3n) is 6.50. The van der Waals surface area contributed by atoms with Crippen LogP contribution < -0.4 is 0 Å². The predicted molar refractivity (Wildman–Crippen MR) is 144 cm³/mol. The van der Waals surface area contributed by atoms with Crippen LogP contribution in [0, 0.1) is 0 Å². The molecule has 6 aromatic rings. The van der Waals surface area contributed by atoms with Crippen LogP contribution in [0.4, 0.5) is 0 Å². The number of benzene rings is 6. The Labute approximate surface area is 199 Å². The largest absolute Gasteiger partial charge is 0.389 e. The van der Waals surface area contributed by atoms with E-state index in [9.17, 15) is 10.2 Å². The summed E-state index contributed by atoms with van der Waals surface area (Å²) >= 11 is 0. The summed E-state index contributed by atoms with van der Waals surface area (Å²) in [5, 5.41) is 29.2. The molecule has 2 N–H and O–H groups in total. The molecule has 0 aliphatic rings. The maximum atomic E-state index is 9.88. The molecule has 34 heavy (non-hydrogen) atoms. The quantitative estimate of drug-likeness (QED) is 0.265. The molecule has 2 unspecified atom stereocenters. The van der Waals surface area contributed by atoms with Crippen LogP contribution in [0.5, 0.6) is 0 Å². The van der Waals surface area contributed by atoms with Gasteiger partial charge in [0.2, 0.25) is 0 Å². The molecule has 2 atom stereocenters. The van der Waals surface area contributed by atoms with E-state index in [0.29, 0.717) is 0 Å². The molecule has 0 spiro atoms. The second-order valence-corrected chi connectivity index (χ2v) is 8.85. The van der Waals surface area contributed by atoms with Crippen molar-refractivity contribution in [2.24, 2.45) is 0 Å². The Morgan fingerprint density at radius 3 is 1.59 bits per heavy atom. The van der Waals surface area contributed by atoms with Crippen molar-refractivity contribution in [1.29, 1.82) is 0 Å². The number of hydrogen-bond acceptors (Lipinski definition) is 2. The first-order valence-electron chi connectivity index (χ1n) is 11.7. The Morgan fingerprint density at radius 1 is 0.441 bits per heavy atom. The minimum absolute atomic E-state index is 0.418. The van der Waals surface area contributed by atoms with Gasteiger partial charge in [-0.1, -0.05) is 97.1 Å². The maximum absolute atomic E-state index is 9.88. The van der Waals surface area contributed by atoms with Crippen LogP contribution in [0.2, 0.25) is 0 Å². The zero-order valence-electron chi connectivity index (χ0n) is 19.4. The van der Waals surface area contributed by atoms with Gasteiger partial charge in [0.15, 0.2) is 0 Å². The summed E-state index contributed by atoms with van der Waals surface area (Å²) < 4.78 is 0. The Hall–Kier alpha value is -3.72. The molecule has 0 saturated carbocycles. The molecule has 6 aromatic carbocycles. The van der Waals surface area contributed by atoms with Crippen LogP contribution in [-0.2, 0) is 0 Å². The number of rotatable bonds is 2. The van der Waals surface area contributed by atoms with Gasteiger partial charge in [0.25, 0.3) is 0 Å². The second kappa shape index (κ2) is 9.26. The van der Waals surface area contributed by atoms with Gasteiger partial charge in [-0.05, 0) is 80.2 Å². The molecule has 0 fully saturated rings. The summed E-state index contributed by atoms with van der Waals surface area (Å²) in [4.78, 5) is 0. The number of hydrogen-bond donors (Lipinski definition) is 2. The highest BCUT2D eigenvalue weighted by Crippen LogP contribution is 2.31. The normalized spacial score (nSPS) is 13.1. The van der Waals surface area contributed by atoms with Crippen molar-refractivity contribution in [3.63, 3.8) is 0 Å². The SMILES string of the molecule is CC(O)c1cc2ccccc2c2ccccc12.CC(O)c1ccc2ccc3ccccc3c2c1. The van der Waals surface area contributed by atoms with Gasteiger partial charge < -0.3 is 10.2 Å². The number of aliphatic hydroxyl groups excluding tert-OH is 2. The zero-order chi connectivity index (χ0) is 23.7. The lowest BCUT2D eigenvalue weighted by Gasteiger charge is -2.12. The first kappa shape index (κ1) is 22.1. The predicted octanol–water partition coefficient (Wildman–Crippen LogP) is 8.09. The Morgan fingerprint density at radius 2 is 0.941 bits per heavy atom. The van der Waals surface area contributed by atoms with E-state index in [2.05, 4.69) is 78.9 Å². The van der Waals surface area contributed by atoms with E-state index < -0.39 is 12.2 Å². The molecular formula is C32H28O2.